The quantitative estimate of drug-likeness (QED) is 0.478. The third-order valence-electron chi connectivity index (χ3n) is 3.92. The van der Waals surface area contributed by atoms with Gasteiger partial charge in [-0.05, 0) is 62.7 Å². The van der Waals surface area contributed by atoms with Crippen molar-refractivity contribution in [1.29, 1.82) is 0 Å². The molecule has 1 unspecified atom stereocenters. The summed E-state index contributed by atoms with van der Waals surface area (Å²) in [6.07, 6.45) is 2.18. The summed E-state index contributed by atoms with van der Waals surface area (Å²) in [6.45, 7) is 7.00. The van der Waals surface area contributed by atoms with Crippen LogP contribution in [0.25, 0.3) is 6.08 Å². The maximum atomic E-state index is 12.5. The molecule has 0 spiro atoms. The summed E-state index contributed by atoms with van der Waals surface area (Å²) < 4.78 is 16.2. The minimum atomic E-state index is -0.619. The van der Waals surface area contributed by atoms with Crippen molar-refractivity contribution >= 4 is 35.0 Å². The molecular weight excluding hydrogens is 382 g/mol. The van der Waals surface area contributed by atoms with E-state index in [4.69, 9.17) is 14.2 Å². The minimum absolute atomic E-state index is 0.0434. The molecule has 0 radical (unpaired) electrons. The van der Waals surface area contributed by atoms with E-state index in [0.29, 0.717) is 17.1 Å². The van der Waals surface area contributed by atoms with Gasteiger partial charge in [0.15, 0.2) is 11.5 Å². The smallest absolute Gasteiger partial charge is 0.326 e. The largest absolute Gasteiger partial charge is 0.493 e. The third-order valence-corrected chi connectivity index (χ3v) is 4.82. The lowest BCUT2D eigenvalue weighted by Gasteiger charge is -2.15. The van der Waals surface area contributed by atoms with Gasteiger partial charge in [0.2, 0.25) is 0 Å². The molecule has 1 aromatic rings. The van der Waals surface area contributed by atoms with Crippen molar-refractivity contribution in [1.82, 2.24) is 4.90 Å². The molecule has 0 saturated carbocycles. The molecule has 2 amide bonds. The summed E-state index contributed by atoms with van der Waals surface area (Å²) in [7, 11) is 1.54. The average Bonchev–Trinajstić information content (AvgIpc) is 2.89. The molecule has 0 aromatic heterocycles. The van der Waals surface area contributed by atoms with E-state index in [1.165, 1.54) is 7.11 Å². The SMILES string of the molecule is CCC(C)Oc1ccc(/C=C2\SC(=O)N(CC(=O)OC(C)C)C2=O)cc1OC. The van der Waals surface area contributed by atoms with Crippen LogP contribution >= 0.6 is 11.8 Å². The zero-order chi connectivity index (χ0) is 20.8. The van der Waals surface area contributed by atoms with E-state index in [1.807, 2.05) is 13.8 Å². The van der Waals surface area contributed by atoms with E-state index >= 15 is 0 Å². The summed E-state index contributed by atoms with van der Waals surface area (Å²) in [5, 5.41) is -0.499. The van der Waals surface area contributed by atoms with Gasteiger partial charge in [-0.1, -0.05) is 13.0 Å². The first kappa shape index (κ1) is 21.8. The van der Waals surface area contributed by atoms with Crippen molar-refractivity contribution in [2.45, 2.75) is 46.3 Å². The Balaban J connectivity index is 2.17. The second-order valence-corrected chi connectivity index (χ2v) is 7.55. The van der Waals surface area contributed by atoms with E-state index in [-0.39, 0.29) is 17.1 Å². The van der Waals surface area contributed by atoms with Gasteiger partial charge in [0.1, 0.15) is 6.54 Å². The molecule has 152 valence electrons. The van der Waals surface area contributed by atoms with Crippen LogP contribution in [0.5, 0.6) is 11.5 Å². The van der Waals surface area contributed by atoms with E-state index in [1.54, 1.807) is 38.1 Å². The number of methoxy groups -OCH3 is 1. The fourth-order valence-corrected chi connectivity index (χ4v) is 3.23. The predicted molar refractivity (Wildman–Crippen MR) is 107 cm³/mol. The van der Waals surface area contributed by atoms with E-state index in [9.17, 15) is 14.4 Å². The van der Waals surface area contributed by atoms with Gasteiger partial charge in [0, 0.05) is 0 Å². The molecule has 0 aliphatic carbocycles. The highest BCUT2D eigenvalue weighted by molar-refractivity contribution is 8.18. The van der Waals surface area contributed by atoms with Crippen LogP contribution in [0.15, 0.2) is 23.1 Å². The number of carbonyl (C=O) groups is 3. The highest BCUT2D eigenvalue weighted by Gasteiger charge is 2.36. The Labute approximate surface area is 169 Å². The highest BCUT2D eigenvalue weighted by Crippen LogP contribution is 2.34. The van der Waals surface area contributed by atoms with Gasteiger partial charge >= 0.3 is 5.97 Å². The second kappa shape index (κ2) is 9.64. The fourth-order valence-electron chi connectivity index (χ4n) is 2.39. The van der Waals surface area contributed by atoms with Gasteiger partial charge in [-0.25, -0.2) is 0 Å². The van der Waals surface area contributed by atoms with Crippen molar-refractivity contribution in [3.63, 3.8) is 0 Å². The van der Waals surface area contributed by atoms with Gasteiger partial charge in [-0.2, -0.15) is 0 Å². The monoisotopic (exact) mass is 407 g/mol. The summed E-state index contributed by atoms with van der Waals surface area (Å²) in [5.74, 6) is 0.00805. The molecule has 1 atom stereocenters. The van der Waals surface area contributed by atoms with Crippen LogP contribution in [-0.2, 0) is 14.3 Å². The lowest BCUT2D eigenvalue weighted by Crippen LogP contribution is -2.35. The molecular formula is C20H25NO6S. The second-order valence-electron chi connectivity index (χ2n) is 6.55. The molecule has 0 bridgehead atoms. The van der Waals surface area contributed by atoms with Crippen LogP contribution in [-0.4, -0.2) is 47.9 Å². The summed E-state index contributed by atoms with van der Waals surface area (Å²) in [6, 6.07) is 5.28. The van der Waals surface area contributed by atoms with Crippen LogP contribution in [0.1, 0.15) is 39.7 Å². The number of benzene rings is 1. The lowest BCUT2D eigenvalue weighted by molar-refractivity contribution is -0.149. The Morgan fingerprint density at radius 2 is 1.93 bits per heavy atom. The molecule has 1 heterocycles. The zero-order valence-electron chi connectivity index (χ0n) is 16.7. The summed E-state index contributed by atoms with van der Waals surface area (Å²) in [4.78, 5) is 37.5. The number of ether oxygens (including phenoxy) is 3. The van der Waals surface area contributed by atoms with Crippen LogP contribution in [0.4, 0.5) is 4.79 Å². The highest BCUT2D eigenvalue weighted by atomic mass is 32.2. The number of carbonyl (C=O) groups excluding carboxylic acids is 3. The van der Waals surface area contributed by atoms with Crippen molar-refractivity contribution in [2.24, 2.45) is 0 Å². The van der Waals surface area contributed by atoms with E-state index in [2.05, 4.69) is 0 Å². The van der Waals surface area contributed by atoms with Crippen LogP contribution in [0.2, 0.25) is 0 Å². The maximum absolute atomic E-state index is 12.5. The van der Waals surface area contributed by atoms with E-state index < -0.39 is 23.7 Å². The normalized spacial score (nSPS) is 16.6. The number of hydrogen-bond acceptors (Lipinski definition) is 7. The maximum Gasteiger partial charge on any atom is 0.326 e. The standard InChI is InChI=1S/C20H25NO6S/c1-6-13(4)27-15-8-7-14(9-16(15)25-5)10-17-19(23)21(20(24)28-17)11-18(22)26-12(2)3/h7-10,12-13H,6,11H2,1-5H3/b17-10-. The first-order chi connectivity index (χ1) is 13.2. The average molecular weight is 407 g/mol. The summed E-state index contributed by atoms with van der Waals surface area (Å²) >= 11 is 0.788. The number of rotatable bonds is 8. The molecule has 8 heteroatoms. The topological polar surface area (TPSA) is 82.1 Å². The Hall–Kier alpha value is -2.48. The van der Waals surface area contributed by atoms with Gasteiger partial charge in [0.25, 0.3) is 11.1 Å². The molecule has 1 aromatic carbocycles. The van der Waals surface area contributed by atoms with Gasteiger partial charge in [-0.15, -0.1) is 0 Å². The Kier molecular flexibility index (Phi) is 7.51. The fraction of sp³-hybridized carbons (Fsp3) is 0.450. The Bertz CT molecular complexity index is 789. The Morgan fingerprint density at radius 1 is 1.21 bits per heavy atom. The van der Waals surface area contributed by atoms with Gasteiger partial charge < -0.3 is 14.2 Å². The van der Waals surface area contributed by atoms with Gasteiger partial charge in [0.05, 0.1) is 24.2 Å². The number of hydrogen-bond donors (Lipinski definition) is 0. The number of imide groups is 1. The molecule has 7 nitrogen and oxygen atoms in total. The Morgan fingerprint density at radius 3 is 2.54 bits per heavy atom. The molecule has 1 aliphatic rings. The summed E-state index contributed by atoms with van der Waals surface area (Å²) in [5.41, 5.74) is 0.684. The van der Waals surface area contributed by atoms with Crippen LogP contribution in [0, 0.1) is 0 Å². The van der Waals surface area contributed by atoms with Crippen molar-refractivity contribution in [3.8, 4) is 11.5 Å². The molecule has 2 rings (SSSR count). The van der Waals surface area contributed by atoms with E-state index in [0.717, 1.165) is 23.1 Å². The van der Waals surface area contributed by atoms with Crippen molar-refractivity contribution < 1.29 is 28.6 Å². The minimum Gasteiger partial charge on any atom is -0.493 e. The van der Waals surface area contributed by atoms with Gasteiger partial charge in [-0.3, -0.25) is 19.3 Å². The predicted octanol–water partition coefficient (Wildman–Crippen LogP) is 3.86. The molecule has 1 aliphatic heterocycles. The first-order valence-corrected chi connectivity index (χ1v) is 9.86. The van der Waals surface area contributed by atoms with Crippen LogP contribution < -0.4 is 9.47 Å². The zero-order valence-corrected chi connectivity index (χ0v) is 17.5. The third kappa shape index (κ3) is 5.51. The molecule has 28 heavy (non-hydrogen) atoms. The molecule has 1 fully saturated rings. The lowest BCUT2D eigenvalue weighted by atomic mass is 10.1. The molecule has 1 saturated heterocycles. The first-order valence-electron chi connectivity index (χ1n) is 9.04. The number of nitrogens with zero attached hydrogens (tertiary/aromatic N) is 1. The van der Waals surface area contributed by atoms with Crippen molar-refractivity contribution in [2.75, 3.05) is 13.7 Å². The number of esters is 1. The number of thioether (sulfide) groups is 1. The van der Waals surface area contributed by atoms with Crippen molar-refractivity contribution in [3.05, 3.63) is 28.7 Å². The number of amides is 2. The molecule has 0 N–H and O–H groups in total. The van der Waals surface area contributed by atoms with Crippen LogP contribution in [0.3, 0.4) is 0 Å².